The molecular weight excluding hydrogens is 322 g/mol. The molecule has 0 saturated heterocycles. The highest BCUT2D eigenvalue weighted by molar-refractivity contribution is 9.10. The van der Waals surface area contributed by atoms with Crippen molar-refractivity contribution in [1.82, 2.24) is 15.2 Å². The Kier molecular flexibility index (Phi) is 10.5. The van der Waals surface area contributed by atoms with Gasteiger partial charge in [-0.1, -0.05) is 76.5 Å². The molecule has 0 aliphatic carbocycles. The minimum absolute atomic E-state index is 0.720. The maximum absolute atomic E-state index is 4.21. The van der Waals surface area contributed by atoms with Crippen LogP contribution in [0.1, 0.15) is 71.1 Å². The first-order valence-electron chi connectivity index (χ1n) is 7.53. The Morgan fingerprint density at radius 1 is 0.947 bits per heavy atom. The van der Waals surface area contributed by atoms with E-state index in [0.717, 1.165) is 15.6 Å². The maximum Gasteiger partial charge on any atom is 0.209 e. The Labute approximate surface area is 129 Å². The fraction of sp³-hybridized carbons (Fsp3) is 0.857. The third-order valence-corrected chi connectivity index (χ3v) is 4.45. The zero-order valence-corrected chi connectivity index (χ0v) is 14.4. The van der Waals surface area contributed by atoms with Crippen molar-refractivity contribution < 1.29 is 0 Å². The van der Waals surface area contributed by atoms with E-state index in [9.17, 15) is 0 Å². The largest absolute Gasteiger partial charge is 0.253 e. The predicted molar refractivity (Wildman–Crippen MR) is 86.7 cm³/mol. The summed E-state index contributed by atoms with van der Waals surface area (Å²) in [5, 5.41) is 7.72. The third-order valence-electron chi connectivity index (χ3n) is 3.17. The Morgan fingerprint density at radius 2 is 1.53 bits per heavy atom. The van der Waals surface area contributed by atoms with Crippen LogP contribution in [0.3, 0.4) is 0 Å². The van der Waals surface area contributed by atoms with Gasteiger partial charge in [-0.25, -0.2) is 0 Å². The van der Waals surface area contributed by atoms with E-state index < -0.39 is 0 Å². The molecule has 5 heteroatoms. The molecule has 0 radical (unpaired) electrons. The van der Waals surface area contributed by atoms with Crippen LogP contribution in [0.25, 0.3) is 0 Å². The number of aromatic nitrogens is 3. The number of unbranched alkanes of at least 4 members (excludes halogenated alkanes) is 9. The van der Waals surface area contributed by atoms with Crippen LogP contribution in [0, 0.1) is 0 Å². The topological polar surface area (TPSA) is 41.6 Å². The number of rotatable bonds is 12. The van der Waals surface area contributed by atoms with Crippen molar-refractivity contribution in [3.05, 3.63) is 4.73 Å². The minimum Gasteiger partial charge on any atom is -0.253 e. The molecule has 0 aliphatic heterocycles. The highest BCUT2D eigenvalue weighted by Crippen LogP contribution is 2.17. The second kappa shape index (κ2) is 11.8. The van der Waals surface area contributed by atoms with Crippen molar-refractivity contribution in [2.24, 2.45) is 0 Å². The summed E-state index contributed by atoms with van der Waals surface area (Å²) >= 11 is 5.00. The summed E-state index contributed by atoms with van der Waals surface area (Å²) in [7, 11) is 0. The molecule has 1 aromatic heterocycles. The monoisotopic (exact) mass is 347 g/mol. The Morgan fingerprint density at radius 3 is 2.05 bits per heavy atom. The zero-order valence-electron chi connectivity index (χ0n) is 12.0. The molecule has 1 rings (SSSR count). The summed E-state index contributed by atoms with van der Waals surface area (Å²) in [5.41, 5.74) is 0. The van der Waals surface area contributed by atoms with Crippen molar-refractivity contribution in [1.29, 1.82) is 0 Å². The lowest BCUT2D eigenvalue weighted by molar-refractivity contribution is 0.563. The van der Waals surface area contributed by atoms with Gasteiger partial charge in [0, 0.05) is 5.75 Å². The molecule has 1 heterocycles. The van der Waals surface area contributed by atoms with Crippen LogP contribution in [0.4, 0.5) is 0 Å². The van der Waals surface area contributed by atoms with Crippen molar-refractivity contribution >= 4 is 27.7 Å². The molecule has 0 aliphatic rings. The van der Waals surface area contributed by atoms with Gasteiger partial charge in [-0.2, -0.15) is 4.98 Å². The van der Waals surface area contributed by atoms with E-state index >= 15 is 0 Å². The van der Waals surface area contributed by atoms with Crippen LogP contribution < -0.4 is 0 Å². The van der Waals surface area contributed by atoms with Gasteiger partial charge in [0.15, 0.2) is 4.73 Å². The van der Waals surface area contributed by atoms with E-state index in [4.69, 9.17) is 0 Å². The Bertz CT molecular complexity index is 317. The van der Waals surface area contributed by atoms with Crippen LogP contribution in [-0.2, 0) is 0 Å². The molecule has 0 fully saturated rings. The van der Waals surface area contributed by atoms with Crippen molar-refractivity contribution in [3.8, 4) is 0 Å². The molecule has 0 unspecified atom stereocenters. The predicted octanol–water partition coefficient (Wildman–Crippen LogP) is 5.58. The summed E-state index contributed by atoms with van der Waals surface area (Å²) in [6.45, 7) is 2.27. The van der Waals surface area contributed by atoms with Crippen LogP contribution in [0.5, 0.6) is 0 Å². The number of aromatic amines is 1. The molecule has 3 nitrogen and oxygen atoms in total. The first-order chi connectivity index (χ1) is 9.33. The first-order valence-corrected chi connectivity index (χ1v) is 9.31. The molecule has 110 valence electrons. The van der Waals surface area contributed by atoms with Gasteiger partial charge in [-0.05, 0) is 22.4 Å². The first kappa shape index (κ1) is 17.0. The van der Waals surface area contributed by atoms with E-state index in [-0.39, 0.29) is 0 Å². The lowest BCUT2D eigenvalue weighted by Gasteiger charge is -2.01. The highest BCUT2D eigenvalue weighted by Gasteiger charge is 2.00. The summed E-state index contributed by atoms with van der Waals surface area (Å²) in [6, 6.07) is 0. The van der Waals surface area contributed by atoms with E-state index in [1.165, 1.54) is 64.2 Å². The van der Waals surface area contributed by atoms with Gasteiger partial charge < -0.3 is 0 Å². The zero-order chi connectivity index (χ0) is 13.8. The molecule has 19 heavy (non-hydrogen) atoms. The Balaban J connectivity index is 1.79. The number of hydrogen-bond acceptors (Lipinski definition) is 3. The second-order valence-electron chi connectivity index (χ2n) is 4.94. The maximum atomic E-state index is 4.21. The average molecular weight is 348 g/mol. The fourth-order valence-corrected chi connectivity index (χ4v) is 3.22. The fourth-order valence-electron chi connectivity index (χ4n) is 2.05. The molecule has 0 atom stereocenters. The van der Waals surface area contributed by atoms with Gasteiger partial charge in [-0.3, -0.25) is 5.10 Å². The van der Waals surface area contributed by atoms with Crippen molar-refractivity contribution in [3.63, 3.8) is 0 Å². The SMILES string of the molecule is CCCCCCCCCCCCSc1n[nH]c(Br)n1. The number of nitrogens with zero attached hydrogens (tertiary/aromatic N) is 2. The van der Waals surface area contributed by atoms with Gasteiger partial charge in [0.1, 0.15) is 0 Å². The lowest BCUT2D eigenvalue weighted by Crippen LogP contribution is -1.85. The van der Waals surface area contributed by atoms with Crippen molar-refractivity contribution in [2.45, 2.75) is 76.3 Å². The van der Waals surface area contributed by atoms with Gasteiger partial charge in [0.25, 0.3) is 0 Å². The summed E-state index contributed by atoms with van der Waals surface area (Å²) in [6.07, 6.45) is 13.9. The molecule has 0 saturated carbocycles. The molecule has 0 aromatic carbocycles. The molecule has 1 aromatic rings. The third kappa shape index (κ3) is 9.50. The van der Waals surface area contributed by atoms with Crippen LogP contribution in [-0.4, -0.2) is 20.9 Å². The van der Waals surface area contributed by atoms with Gasteiger partial charge >= 0.3 is 0 Å². The smallest absolute Gasteiger partial charge is 0.209 e. The number of halogens is 1. The average Bonchev–Trinajstić information content (AvgIpc) is 2.82. The normalized spacial score (nSPS) is 11.1. The van der Waals surface area contributed by atoms with Crippen LogP contribution >= 0.6 is 27.7 Å². The molecule has 0 amide bonds. The molecule has 0 bridgehead atoms. The number of thioether (sulfide) groups is 1. The standard InChI is InChI=1S/C14H26BrN3S/c1-2-3-4-5-6-7-8-9-10-11-12-19-14-16-13(15)17-18-14/h2-12H2,1H3,(H,16,17,18). The molecule has 0 spiro atoms. The second-order valence-corrected chi connectivity index (χ2v) is 6.75. The van der Waals surface area contributed by atoms with E-state index in [1.54, 1.807) is 11.8 Å². The van der Waals surface area contributed by atoms with Crippen molar-refractivity contribution in [2.75, 3.05) is 5.75 Å². The lowest BCUT2D eigenvalue weighted by atomic mass is 10.1. The summed E-state index contributed by atoms with van der Waals surface area (Å²) in [5.74, 6) is 1.13. The van der Waals surface area contributed by atoms with Gasteiger partial charge in [0.05, 0.1) is 0 Å². The quantitative estimate of drug-likeness (QED) is 0.396. The molecular formula is C14H26BrN3S. The summed E-state index contributed by atoms with van der Waals surface area (Å²) < 4.78 is 0.720. The van der Waals surface area contributed by atoms with E-state index in [1.807, 2.05) is 0 Å². The number of nitrogens with one attached hydrogen (secondary N) is 1. The number of H-pyrrole nitrogens is 1. The minimum atomic E-state index is 0.720. The summed E-state index contributed by atoms with van der Waals surface area (Å²) in [4.78, 5) is 4.21. The Hall–Kier alpha value is -0.0300. The van der Waals surface area contributed by atoms with E-state index in [2.05, 4.69) is 38.0 Å². The van der Waals surface area contributed by atoms with E-state index in [0.29, 0.717) is 0 Å². The number of hydrogen-bond donors (Lipinski definition) is 1. The van der Waals surface area contributed by atoms with Gasteiger partial charge in [0.2, 0.25) is 5.16 Å². The highest BCUT2D eigenvalue weighted by atomic mass is 79.9. The van der Waals surface area contributed by atoms with Gasteiger partial charge in [-0.15, -0.1) is 5.10 Å². The molecule has 1 N–H and O–H groups in total. The van der Waals surface area contributed by atoms with Crippen LogP contribution in [0.2, 0.25) is 0 Å². The van der Waals surface area contributed by atoms with Crippen LogP contribution in [0.15, 0.2) is 9.89 Å².